The molecule has 0 aliphatic carbocycles. The summed E-state index contributed by atoms with van der Waals surface area (Å²) >= 11 is 0.327. The minimum Gasteiger partial charge on any atom is -0.418 e. The van der Waals surface area contributed by atoms with Crippen molar-refractivity contribution in [2.24, 2.45) is 0 Å². The molecule has 0 fully saturated rings. The second kappa shape index (κ2) is 4.67. The lowest BCUT2D eigenvalue weighted by Crippen LogP contribution is -1.99. The van der Waals surface area contributed by atoms with Crippen molar-refractivity contribution in [3.63, 3.8) is 0 Å². The number of hydrogen-bond acceptors (Lipinski definition) is 3. The summed E-state index contributed by atoms with van der Waals surface area (Å²) < 4.78 is 16.9. The summed E-state index contributed by atoms with van der Waals surface area (Å²) in [7, 11) is 0. The smallest absolute Gasteiger partial charge is 0.379 e. The van der Waals surface area contributed by atoms with Gasteiger partial charge in [0, 0.05) is 11.8 Å². The largest absolute Gasteiger partial charge is 0.418 e. The van der Waals surface area contributed by atoms with Gasteiger partial charge in [-0.05, 0) is 12.1 Å². The van der Waals surface area contributed by atoms with Gasteiger partial charge in [-0.25, -0.2) is 4.79 Å². The molecule has 68 valence electrons. The predicted molar refractivity (Wildman–Crippen MR) is 50.3 cm³/mol. The molecule has 0 N–H and O–H groups in total. The van der Waals surface area contributed by atoms with E-state index in [1.807, 2.05) is 0 Å². The molecule has 2 nitrogen and oxygen atoms in total. The Kier molecular flexibility index (Phi) is 3.52. The minimum atomic E-state index is -0.777. The van der Waals surface area contributed by atoms with Gasteiger partial charge in [-0.2, -0.15) is 4.39 Å². The number of thioether (sulfide) groups is 1. The van der Waals surface area contributed by atoms with E-state index in [1.165, 1.54) is 0 Å². The molecule has 0 aromatic heterocycles. The van der Waals surface area contributed by atoms with Crippen LogP contribution < -0.4 is 4.74 Å². The highest BCUT2D eigenvalue weighted by Gasteiger charge is 2.06. The molecule has 0 bridgehead atoms. The quantitative estimate of drug-likeness (QED) is 0.681. The van der Waals surface area contributed by atoms with Gasteiger partial charge in [0.1, 0.15) is 5.75 Å². The molecular weight excluding hydrogens is 191 g/mol. The molecule has 0 aliphatic rings. The van der Waals surface area contributed by atoms with E-state index in [0.717, 1.165) is 0 Å². The Morgan fingerprint density at radius 2 is 2.00 bits per heavy atom. The molecule has 0 spiro atoms. The Bertz CT molecular complexity index is 311. The molecule has 0 unspecified atom stereocenters. The monoisotopic (exact) mass is 198 g/mol. The van der Waals surface area contributed by atoms with Crippen LogP contribution in [0.15, 0.2) is 42.1 Å². The minimum absolute atomic E-state index is 0.327. The molecular formula is C9H7FO2S. The van der Waals surface area contributed by atoms with Crippen LogP contribution >= 0.6 is 11.8 Å². The van der Waals surface area contributed by atoms with Crippen LogP contribution in [0, 0.1) is 0 Å². The molecule has 1 aromatic carbocycles. The van der Waals surface area contributed by atoms with Gasteiger partial charge in [-0.1, -0.05) is 24.8 Å². The molecule has 13 heavy (non-hydrogen) atoms. The summed E-state index contributed by atoms with van der Waals surface area (Å²) in [5, 5.41) is -1.50. The van der Waals surface area contributed by atoms with Crippen LogP contribution in [0.1, 0.15) is 0 Å². The van der Waals surface area contributed by atoms with E-state index >= 15 is 0 Å². The molecule has 0 aliphatic heterocycles. The van der Waals surface area contributed by atoms with Gasteiger partial charge < -0.3 is 4.74 Å². The molecule has 0 heterocycles. The summed E-state index contributed by atoms with van der Waals surface area (Å²) in [6, 6.07) is 8.45. The van der Waals surface area contributed by atoms with Crippen molar-refractivity contribution in [2.45, 2.75) is 0 Å². The summed E-state index contributed by atoms with van der Waals surface area (Å²) in [6.45, 7) is 2.93. The Hall–Kier alpha value is -1.29. The zero-order valence-electron chi connectivity index (χ0n) is 6.70. The van der Waals surface area contributed by atoms with Crippen molar-refractivity contribution in [2.75, 3.05) is 0 Å². The van der Waals surface area contributed by atoms with E-state index in [1.54, 1.807) is 30.3 Å². The lowest BCUT2D eigenvalue weighted by molar-refractivity contribution is 0.227. The number of ether oxygens (including phenoxy) is 1. The number of carbonyl (C=O) groups excluding carboxylic acids is 1. The van der Waals surface area contributed by atoms with E-state index < -0.39 is 10.5 Å². The Morgan fingerprint density at radius 1 is 1.38 bits per heavy atom. The van der Waals surface area contributed by atoms with Gasteiger partial charge in [0.2, 0.25) is 0 Å². The van der Waals surface area contributed by atoms with Crippen LogP contribution in [-0.4, -0.2) is 5.30 Å². The van der Waals surface area contributed by atoms with Crippen LogP contribution in [0.2, 0.25) is 0 Å². The van der Waals surface area contributed by atoms with Crippen LogP contribution in [0.5, 0.6) is 5.75 Å². The first kappa shape index (κ1) is 9.80. The molecule has 0 radical (unpaired) electrons. The maximum Gasteiger partial charge on any atom is 0.379 e. The van der Waals surface area contributed by atoms with Gasteiger partial charge in [-0.3, -0.25) is 0 Å². The van der Waals surface area contributed by atoms with Gasteiger partial charge in [-0.15, -0.1) is 0 Å². The van der Waals surface area contributed by atoms with E-state index in [4.69, 9.17) is 4.74 Å². The maximum absolute atomic E-state index is 12.1. The number of para-hydroxylation sites is 1. The van der Waals surface area contributed by atoms with Gasteiger partial charge in [0.15, 0.2) is 5.16 Å². The molecule has 0 saturated heterocycles. The molecule has 1 aromatic rings. The zero-order valence-corrected chi connectivity index (χ0v) is 7.51. The number of hydrogen-bond donors (Lipinski definition) is 0. The predicted octanol–water partition coefficient (Wildman–Crippen LogP) is 3.36. The topological polar surface area (TPSA) is 26.3 Å². The summed E-state index contributed by atoms with van der Waals surface area (Å²) in [5.41, 5.74) is 0. The number of rotatable bonds is 2. The van der Waals surface area contributed by atoms with E-state index in [0.29, 0.717) is 17.5 Å². The first-order valence-electron chi connectivity index (χ1n) is 3.47. The number of carbonyl (C=O) groups is 1. The fraction of sp³-hybridized carbons (Fsp3) is 0. The van der Waals surface area contributed by atoms with Gasteiger partial charge in [0.25, 0.3) is 0 Å². The van der Waals surface area contributed by atoms with Crippen molar-refractivity contribution < 1.29 is 13.9 Å². The van der Waals surface area contributed by atoms with E-state index in [-0.39, 0.29) is 0 Å². The lowest BCUT2D eigenvalue weighted by Gasteiger charge is -2.00. The normalized spacial score (nSPS) is 9.31. The van der Waals surface area contributed by atoms with Crippen LogP contribution in [0.3, 0.4) is 0 Å². The van der Waals surface area contributed by atoms with Crippen molar-refractivity contribution in [3.8, 4) is 5.75 Å². The highest BCUT2D eigenvalue weighted by molar-refractivity contribution is 8.16. The third kappa shape index (κ3) is 3.75. The maximum atomic E-state index is 12.1. The standard InChI is InChI=1S/C9H7FO2S/c1-7(10)13-9(11)12-8-5-3-2-4-6-8/h2-6H,1H2. The Balaban J connectivity index is 2.50. The zero-order chi connectivity index (χ0) is 9.68. The van der Waals surface area contributed by atoms with Crippen LogP contribution in [0.25, 0.3) is 0 Å². The Morgan fingerprint density at radius 3 is 2.54 bits per heavy atom. The van der Waals surface area contributed by atoms with Gasteiger partial charge >= 0.3 is 5.30 Å². The van der Waals surface area contributed by atoms with E-state index in [9.17, 15) is 9.18 Å². The highest BCUT2D eigenvalue weighted by Crippen LogP contribution is 2.19. The van der Waals surface area contributed by atoms with E-state index in [2.05, 4.69) is 6.58 Å². The number of benzene rings is 1. The second-order valence-electron chi connectivity index (χ2n) is 2.12. The third-order valence-corrected chi connectivity index (χ3v) is 1.61. The number of halogens is 1. The average Bonchev–Trinajstić information content (AvgIpc) is 2.04. The molecule has 0 amide bonds. The summed E-state index contributed by atoms with van der Waals surface area (Å²) in [4.78, 5) is 10.9. The highest BCUT2D eigenvalue weighted by atomic mass is 32.2. The summed E-state index contributed by atoms with van der Waals surface area (Å²) in [6.07, 6.45) is 0. The Labute approximate surface area is 79.4 Å². The SMILES string of the molecule is C=C(F)SC(=O)Oc1ccccc1. The fourth-order valence-corrected chi connectivity index (χ4v) is 1.01. The molecule has 0 saturated carbocycles. The van der Waals surface area contributed by atoms with Crippen molar-refractivity contribution in [1.82, 2.24) is 0 Å². The van der Waals surface area contributed by atoms with Crippen LogP contribution in [-0.2, 0) is 0 Å². The second-order valence-corrected chi connectivity index (χ2v) is 3.10. The first-order valence-corrected chi connectivity index (χ1v) is 4.29. The van der Waals surface area contributed by atoms with Crippen LogP contribution in [0.4, 0.5) is 9.18 Å². The molecule has 1 rings (SSSR count). The van der Waals surface area contributed by atoms with Crippen molar-refractivity contribution in [3.05, 3.63) is 42.1 Å². The lowest BCUT2D eigenvalue weighted by atomic mass is 10.3. The summed E-state index contributed by atoms with van der Waals surface area (Å²) in [5.74, 6) is 0.390. The van der Waals surface area contributed by atoms with Gasteiger partial charge in [0.05, 0.1) is 0 Å². The average molecular weight is 198 g/mol. The molecule has 4 heteroatoms. The fourth-order valence-electron chi connectivity index (χ4n) is 0.696. The first-order chi connectivity index (χ1) is 6.18. The molecule has 0 atom stereocenters. The third-order valence-electron chi connectivity index (χ3n) is 1.14. The van der Waals surface area contributed by atoms with Crippen molar-refractivity contribution in [1.29, 1.82) is 0 Å². The van der Waals surface area contributed by atoms with Crippen molar-refractivity contribution >= 4 is 17.1 Å².